The quantitative estimate of drug-likeness (QED) is 0.478. The molecule has 2 atom stereocenters. The van der Waals surface area contributed by atoms with Crippen molar-refractivity contribution >= 4 is 12.0 Å². The van der Waals surface area contributed by atoms with Crippen LogP contribution in [0.5, 0.6) is 0 Å². The maximum absolute atomic E-state index is 12.7. The van der Waals surface area contributed by atoms with Crippen LogP contribution in [-0.2, 0) is 4.79 Å². The maximum atomic E-state index is 12.7. The second-order valence-electron chi connectivity index (χ2n) is 9.55. The fourth-order valence-electron chi connectivity index (χ4n) is 3.84. The second-order valence-corrected chi connectivity index (χ2v) is 9.55. The molecule has 170 valence electrons. The normalized spacial score (nSPS) is 13.2. The summed E-state index contributed by atoms with van der Waals surface area (Å²) < 4.78 is 0. The molecule has 0 saturated heterocycles. The average molecular weight is 436 g/mol. The van der Waals surface area contributed by atoms with E-state index in [0.29, 0.717) is 12.3 Å². The lowest BCUT2D eigenvalue weighted by Crippen LogP contribution is -2.35. The molecule has 0 saturated carbocycles. The minimum atomic E-state index is -1.05. The van der Waals surface area contributed by atoms with Crippen molar-refractivity contribution in [2.75, 3.05) is 6.54 Å². The topological polar surface area (TPSA) is 102 Å². The van der Waals surface area contributed by atoms with Crippen molar-refractivity contribution < 1.29 is 14.7 Å². The number of carboxylic acid groups (broad SMARTS) is 1. The zero-order valence-electron chi connectivity index (χ0n) is 19.5. The fourth-order valence-corrected chi connectivity index (χ4v) is 3.84. The molecular weight excluding hydrogens is 402 g/mol. The Bertz CT molecular complexity index is 969. The lowest BCUT2D eigenvalue weighted by Gasteiger charge is -2.31. The molecule has 3 N–H and O–H groups in total. The van der Waals surface area contributed by atoms with E-state index in [2.05, 4.69) is 24.5 Å². The smallest absolute Gasteiger partial charge is 0.405 e. The zero-order chi connectivity index (χ0) is 23.9. The highest BCUT2D eigenvalue weighted by Crippen LogP contribution is 2.34. The Kier molecular flexibility index (Phi) is 8.42. The second kappa shape index (κ2) is 10.8. The Morgan fingerprint density at radius 3 is 2.22 bits per heavy atom. The number of amides is 2. The summed E-state index contributed by atoms with van der Waals surface area (Å²) in [4.78, 5) is 23.9. The largest absolute Gasteiger partial charge is 0.465 e. The number of carbonyl (C=O) groups excluding carboxylic acids is 1. The third-order valence-electron chi connectivity index (χ3n) is 5.37. The molecule has 32 heavy (non-hydrogen) atoms. The minimum absolute atomic E-state index is 0.00605. The molecule has 2 aromatic rings. The predicted octanol–water partition coefficient (Wildman–Crippen LogP) is 5.48. The molecule has 2 aromatic carbocycles. The summed E-state index contributed by atoms with van der Waals surface area (Å²) in [6.07, 6.45) is -0.360. The van der Waals surface area contributed by atoms with E-state index < -0.39 is 6.09 Å². The number of hydrogen-bond acceptors (Lipinski definition) is 3. The summed E-state index contributed by atoms with van der Waals surface area (Å²) in [7, 11) is 0. The highest BCUT2D eigenvalue weighted by molar-refractivity contribution is 5.84. The molecule has 0 aliphatic heterocycles. The van der Waals surface area contributed by atoms with Crippen LogP contribution in [0.3, 0.4) is 0 Å². The Balaban J connectivity index is 2.35. The fraction of sp³-hybridized carbons (Fsp3) is 0.423. The van der Waals surface area contributed by atoms with Gasteiger partial charge in [-0.1, -0.05) is 83.1 Å². The first kappa shape index (κ1) is 24.9. The Hall–Kier alpha value is -3.33. The van der Waals surface area contributed by atoms with Gasteiger partial charge >= 0.3 is 6.09 Å². The van der Waals surface area contributed by atoms with Gasteiger partial charge in [0, 0.05) is 0 Å². The van der Waals surface area contributed by atoms with Crippen LogP contribution < -0.4 is 10.6 Å². The first-order chi connectivity index (χ1) is 15.0. The van der Waals surface area contributed by atoms with Crippen molar-refractivity contribution in [1.82, 2.24) is 10.6 Å². The molecule has 2 rings (SSSR count). The van der Waals surface area contributed by atoms with Gasteiger partial charge in [-0.05, 0) is 40.0 Å². The van der Waals surface area contributed by atoms with Crippen LogP contribution in [0.25, 0.3) is 11.1 Å². The molecule has 0 spiro atoms. The van der Waals surface area contributed by atoms with Crippen molar-refractivity contribution in [3.63, 3.8) is 0 Å². The van der Waals surface area contributed by atoms with Gasteiger partial charge in [0.05, 0.1) is 18.0 Å². The van der Waals surface area contributed by atoms with E-state index in [4.69, 9.17) is 5.26 Å². The lowest BCUT2D eigenvalue weighted by atomic mass is 9.82. The van der Waals surface area contributed by atoms with Crippen LogP contribution in [-0.4, -0.2) is 23.7 Å². The van der Waals surface area contributed by atoms with Gasteiger partial charge < -0.3 is 15.7 Å². The standard InChI is InChI=1S/C26H33N3O3/c1-17(2)15-22(24(30)28-14-13-27)21-8-6-7-20(16-21)18-9-11-19(12-10-18)23(26(3,4)5)29-25(31)32/h6-12,16-17,22-23,29H,14-15H2,1-5H3,(H,28,30)(H,31,32). The molecule has 2 amide bonds. The maximum Gasteiger partial charge on any atom is 0.405 e. The molecule has 0 heterocycles. The summed E-state index contributed by atoms with van der Waals surface area (Å²) in [5, 5.41) is 23.3. The molecule has 0 aliphatic carbocycles. The number of nitrogens with zero attached hydrogens (tertiary/aromatic N) is 1. The van der Waals surface area contributed by atoms with E-state index in [-0.39, 0.29) is 29.8 Å². The molecule has 0 radical (unpaired) electrons. The number of nitrogens with one attached hydrogen (secondary N) is 2. The van der Waals surface area contributed by atoms with E-state index in [1.165, 1.54) is 0 Å². The molecule has 6 heteroatoms. The minimum Gasteiger partial charge on any atom is -0.465 e. The molecule has 0 aliphatic rings. The highest BCUT2D eigenvalue weighted by Gasteiger charge is 2.28. The van der Waals surface area contributed by atoms with Gasteiger partial charge in [0.25, 0.3) is 0 Å². The molecule has 0 aromatic heterocycles. The van der Waals surface area contributed by atoms with Crippen molar-refractivity contribution in [3.05, 3.63) is 59.7 Å². The van der Waals surface area contributed by atoms with Crippen LogP contribution >= 0.6 is 0 Å². The third-order valence-corrected chi connectivity index (χ3v) is 5.37. The first-order valence-electron chi connectivity index (χ1n) is 10.9. The zero-order valence-corrected chi connectivity index (χ0v) is 19.5. The monoisotopic (exact) mass is 435 g/mol. The summed E-state index contributed by atoms with van der Waals surface area (Å²) in [5.41, 5.74) is 3.50. The van der Waals surface area contributed by atoms with Gasteiger partial charge in [0.15, 0.2) is 0 Å². The SMILES string of the molecule is CC(C)CC(C(=O)NCC#N)c1cccc(-c2ccc(C(NC(=O)O)C(C)(C)C)cc2)c1. The van der Waals surface area contributed by atoms with E-state index in [1.807, 2.05) is 75.4 Å². The van der Waals surface area contributed by atoms with Crippen molar-refractivity contribution in [1.29, 1.82) is 5.26 Å². The van der Waals surface area contributed by atoms with Crippen LogP contribution in [0, 0.1) is 22.7 Å². The highest BCUT2D eigenvalue weighted by atomic mass is 16.4. The molecule has 6 nitrogen and oxygen atoms in total. The Morgan fingerprint density at radius 2 is 1.69 bits per heavy atom. The van der Waals surface area contributed by atoms with Gasteiger partial charge in [0.2, 0.25) is 5.91 Å². The van der Waals surface area contributed by atoms with Crippen molar-refractivity contribution in [2.24, 2.45) is 11.3 Å². The van der Waals surface area contributed by atoms with Crippen LogP contribution in [0.4, 0.5) is 4.79 Å². The number of carbonyl (C=O) groups is 2. The van der Waals surface area contributed by atoms with E-state index in [9.17, 15) is 14.7 Å². The lowest BCUT2D eigenvalue weighted by molar-refractivity contribution is -0.122. The number of rotatable bonds is 8. The van der Waals surface area contributed by atoms with E-state index in [0.717, 1.165) is 22.3 Å². The summed E-state index contributed by atoms with van der Waals surface area (Å²) in [5.74, 6) is -0.139. The van der Waals surface area contributed by atoms with E-state index >= 15 is 0 Å². The van der Waals surface area contributed by atoms with E-state index in [1.54, 1.807) is 0 Å². The predicted molar refractivity (Wildman–Crippen MR) is 126 cm³/mol. The summed E-state index contributed by atoms with van der Waals surface area (Å²) in [6.45, 7) is 10.1. The van der Waals surface area contributed by atoms with Gasteiger partial charge in [-0.15, -0.1) is 0 Å². The third kappa shape index (κ3) is 6.84. The summed E-state index contributed by atoms with van der Waals surface area (Å²) >= 11 is 0. The van der Waals surface area contributed by atoms with Crippen molar-refractivity contribution in [3.8, 4) is 17.2 Å². The van der Waals surface area contributed by atoms with Crippen LogP contribution in [0.2, 0.25) is 0 Å². The molecular formula is C26H33N3O3. The molecule has 0 fully saturated rings. The Labute approximate surface area is 190 Å². The van der Waals surface area contributed by atoms with Crippen LogP contribution in [0.1, 0.15) is 64.1 Å². The molecule has 0 bridgehead atoms. The van der Waals surface area contributed by atoms with Gasteiger partial charge in [-0.2, -0.15) is 5.26 Å². The van der Waals surface area contributed by atoms with Crippen LogP contribution in [0.15, 0.2) is 48.5 Å². The number of benzene rings is 2. The Morgan fingerprint density at radius 1 is 1.03 bits per heavy atom. The van der Waals surface area contributed by atoms with Gasteiger partial charge in [-0.25, -0.2) is 4.79 Å². The number of hydrogen-bond donors (Lipinski definition) is 3. The first-order valence-corrected chi connectivity index (χ1v) is 10.9. The van der Waals surface area contributed by atoms with Gasteiger partial charge in [-0.3, -0.25) is 4.79 Å². The van der Waals surface area contributed by atoms with Gasteiger partial charge in [0.1, 0.15) is 6.54 Å². The number of nitriles is 1. The average Bonchev–Trinajstić information content (AvgIpc) is 2.73. The summed E-state index contributed by atoms with van der Waals surface area (Å²) in [6, 6.07) is 17.4. The molecule has 2 unspecified atom stereocenters. The van der Waals surface area contributed by atoms with Crippen molar-refractivity contribution in [2.45, 2.75) is 53.0 Å².